The number of rotatable bonds is 8. The molecule has 2 aromatic carbocycles. The van der Waals surface area contributed by atoms with Crippen LogP contribution in [0.5, 0.6) is 11.5 Å². The van der Waals surface area contributed by atoms with Crippen molar-refractivity contribution in [3.05, 3.63) is 51.6 Å². The Bertz CT molecular complexity index is 1170. The van der Waals surface area contributed by atoms with Gasteiger partial charge in [0.25, 0.3) is 11.6 Å². The molecule has 184 valence electrons. The van der Waals surface area contributed by atoms with Crippen LogP contribution in [-0.2, 0) is 10.0 Å². The van der Waals surface area contributed by atoms with Crippen molar-refractivity contribution in [2.24, 2.45) is 0 Å². The Hall–Kier alpha value is -3.18. The van der Waals surface area contributed by atoms with E-state index in [9.17, 15) is 23.3 Å². The lowest BCUT2D eigenvalue weighted by Crippen LogP contribution is -2.32. The lowest BCUT2D eigenvalue weighted by molar-refractivity contribution is -0.385. The summed E-state index contributed by atoms with van der Waals surface area (Å²) in [6, 6.07) is 6.94. The van der Waals surface area contributed by atoms with Crippen LogP contribution in [0.3, 0.4) is 0 Å². The van der Waals surface area contributed by atoms with E-state index in [0.717, 1.165) is 31.7 Å². The first-order valence-electron chi connectivity index (χ1n) is 11.1. The molecule has 0 saturated carbocycles. The van der Waals surface area contributed by atoms with Crippen LogP contribution in [-0.4, -0.2) is 50.4 Å². The van der Waals surface area contributed by atoms with Crippen LogP contribution in [0.4, 0.5) is 11.4 Å². The van der Waals surface area contributed by atoms with Gasteiger partial charge in [0.1, 0.15) is 5.56 Å². The van der Waals surface area contributed by atoms with E-state index in [-0.39, 0.29) is 34.3 Å². The molecule has 2 aromatic rings. The summed E-state index contributed by atoms with van der Waals surface area (Å²) in [5, 5.41) is 14.2. The van der Waals surface area contributed by atoms with Gasteiger partial charge in [-0.15, -0.1) is 0 Å². The third-order valence-corrected chi connectivity index (χ3v) is 7.69. The third-order valence-electron chi connectivity index (χ3n) is 5.65. The fraction of sp³-hybridized carbons (Fsp3) is 0.435. The number of hydrogen-bond donors (Lipinski definition) is 1. The van der Waals surface area contributed by atoms with Crippen LogP contribution in [0.15, 0.2) is 35.2 Å². The third kappa shape index (κ3) is 5.48. The number of aryl methyl sites for hydroxylation is 1. The fourth-order valence-electron chi connectivity index (χ4n) is 3.89. The number of ether oxygens (including phenoxy) is 2. The van der Waals surface area contributed by atoms with Gasteiger partial charge in [0.05, 0.1) is 29.6 Å². The summed E-state index contributed by atoms with van der Waals surface area (Å²) in [5.74, 6) is -0.449. The summed E-state index contributed by atoms with van der Waals surface area (Å²) in [6.45, 7) is 4.59. The van der Waals surface area contributed by atoms with Crippen molar-refractivity contribution in [1.82, 2.24) is 4.31 Å². The Morgan fingerprint density at radius 2 is 1.79 bits per heavy atom. The Labute approximate surface area is 199 Å². The molecule has 1 saturated heterocycles. The van der Waals surface area contributed by atoms with E-state index in [1.54, 1.807) is 26.0 Å². The predicted octanol–water partition coefficient (Wildman–Crippen LogP) is 4.13. The number of benzene rings is 2. The van der Waals surface area contributed by atoms with E-state index in [0.29, 0.717) is 18.7 Å². The summed E-state index contributed by atoms with van der Waals surface area (Å²) in [5.41, 5.74) is 0.0798. The Morgan fingerprint density at radius 1 is 1.12 bits per heavy atom. The molecule has 3 rings (SSSR count). The molecule has 1 heterocycles. The molecular weight excluding hydrogens is 462 g/mol. The lowest BCUT2D eigenvalue weighted by atomic mass is 10.1. The van der Waals surface area contributed by atoms with Crippen molar-refractivity contribution in [2.75, 3.05) is 32.1 Å². The zero-order valence-corrected chi connectivity index (χ0v) is 20.3. The molecule has 0 unspecified atom stereocenters. The van der Waals surface area contributed by atoms with Gasteiger partial charge < -0.3 is 14.8 Å². The molecule has 1 aliphatic heterocycles. The van der Waals surface area contributed by atoms with Crippen molar-refractivity contribution in [1.29, 1.82) is 0 Å². The standard InChI is InChI=1S/C23H29N3O7S/c1-4-33-21-15-19(26(28)29)18(14-20(21)32-3)23(27)24-17-10-9-16(2)22(13-17)34(30,31)25-11-7-5-6-8-12-25/h9-10,13-15H,4-8,11-12H2,1-3H3,(H,24,27). The zero-order valence-electron chi connectivity index (χ0n) is 19.5. The van der Waals surface area contributed by atoms with Gasteiger partial charge in [-0.05, 0) is 44.4 Å². The smallest absolute Gasteiger partial charge is 0.286 e. The maximum absolute atomic E-state index is 13.3. The SMILES string of the molecule is CCOc1cc([N+](=O)[O-])c(C(=O)Nc2ccc(C)c(S(=O)(=O)N3CCCCCC3)c2)cc1OC. The largest absolute Gasteiger partial charge is 0.493 e. The minimum atomic E-state index is -3.75. The number of amides is 1. The molecule has 34 heavy (non-hydrogen) atoms. The number of nitrogens with one attached hydrogen (secondary N) is 1. The highest BCUT2D eigenvalue weighted by Gasteiger charge is 2.28. The number of hydrogen-bond acceptors (Lipinski definition) is 7. The van der Waals surface area contributed by atoms with Gasteiger partial charge in [-0.25, -0.2) is 8.42 Å². The number of sulfonamides is 1. The second-order valence-corrected chi connectivity index (χ2v) is 9.87. The number of nitro groups is 1. The highest BCUT2D eigenvalue weighted by molar-refractivity contribution is 7.89. The number of carbonyl (C=O) groups is 1. The molecule has 0 aromatic heterocycles. The first-order valence-corrected chi connectivity index (χ1v) is 12.5. The first-order chi connectivity index (χ1) is 16.2. The second-order valence-electron chi connectivity index (χ2n) is 7.96. The molecule has 0 spiro atoms. The maximum atomic E-state index is 13.3. The average molecular weight is 492 g/mol. The minimum absolute atomic E-state index is 0.103. The molecule has 1 amide bonds. The Kier molecular flexibility index (Phi) is 8.11. The van der Waals surface area contributed by atoms with E-state index < -0.39 is 26.5 Å². The molecule has 1 fully saturated rings. The van der Waals surface area contributed by atoms with Gasteiger partial charge in [-0.1, -0.05) is 18.9 Å². The molecule has 1 aliphatic rings. The van der Waals surface area contributed by atoms with Crippen LogP contribution < -0.4 is 14.8 Å². The van der Waals surface area contributed by atoms with Crippen molar-refractivity contribution in [3.8, 4) is 11.5 Å². The highest BCUT2D eigenvalue weighted by Crippen LogP contribution is 2.35. The fourth-order valence-corrected chi connectivity index (χ4v) is 5.65. The average Bonchev–Trinajstić information content (AvgIpc) is 3.10. The van der Waals surface area contributed by atoms with E-state index in [2.05, 4.69) is 5.32 Å². The van der Waals surface area contributed by atoms with Gasteiger partial charge in [-0.3, -0.25) is 14.9 Å². The Balaban J connectivity index is 1.95. The first kappa shape index (κ1) is 25.4. The molecule has 0 atom stereocenters. The van der Waals surface area contributed by atoms with Crippen molar-refractivity contribution >= 4 is 27.3 Å². The summed E-state index contributed by atoms with van der Waals surface area (Å²) >= 11 is 0. The number of carbonyl (C=O) groups excluding carboxylic acids is 1. The normalized spacial score (nSPS) is 14.8. The van der Waals surface area contributed by atoms with Crippen LogP contribution in [0.1, 0.15) is 48.5 Å². The van der Waals surface area contributed by atoms with E-state index in [4.69, 9.17) is 9.47 Å². The lowest BCUT2D eigenvalue weighted by Gasteiger charge is -2.21. The maximum Gasteiger partial charge on any atom is 0.286 e. The molecule has 0 aliphatic carbocycles. The monoisotopic (exact) mass is 491 g/mol. The van der Waals surface area contributed by atoms with Gasteiger partial charge in [-0.2, -0.15) is 4.31 Å². The number of nitrogens with zero attached hydrogens (tertiary/aromatic N) is 2. The van der Waals surface area contributed by atoms with Gasteiger partial charge >= 0.3 is 0 Å². The van der Waals surface area contributed by atoms with Crippen molar-refractivity contribution in [3.63, 3.8) is 0 Å². The van der Waals surface area contributed by atoms with Gasteiger partial charge in [0.2, 0.25) is 10.0 Å². The van der Waals surface area contributed by atoms with E-state index in [1.807, 2.05) is 0 Å². The molecule has 1 N–H and O–H groups in total. The Morgan fingerprint density at radius 3 is 2.38 bits per heavy atom. The molecule has 10 nitrogen and oxygen atoms in total. The topological polar surface area (TPSA) is 128 Å². The quantitative estimate of drug-likeness (QED) is 0.434. The van der Waals surface area contributed by atoms with Crippen LogP contribution in [0, 0.1) is 17.0 Å². The molecular formula is C23H29N3O7S. The predicted molar refractivity (Wildman–Crippen MR) is 127 cm³/mol. The van der Waals surface area contributed by atoms with Crippen LogP contribution in [0.2, 0.25) is 0 Å². The van der Waals surface area contributed by atoms with Crippen LogP contribution >= 0.6 is 0 Å². The molecule has 0 bridgehead atoms. The number of methoxy groups -OCH3 is 1. The number of anilines is 1. The van der Waals surface area contributed by atoms with E-state index >= 15 is 0 Å². The summed E-state index contributed by atoms with van der Waals surface area (Å²) in [7, 11) is -2.38. The van der Waals surface area contributed by atoms with E-state index in [1.165, 1.54) is 23.5 Å². The minimum Gasteiger partial charge on any atom is -0.493 e. The molecule has 11 heteroatoms. The molecule has 0 radical (unpaired) electrons. The zero-order chi connectivity index (χ0) is 24.9. The highest BCUT2D eigenvalue weighted by atomic mass is 32.2. The van der Waals surface area contributed by atoms with Gasteiger partial charge in [0.15, 0.2) is 11.5 Å². The van der Waals surface area contributed by atoms with Crippen molar-refractivity contribution in [2.45, 2.75) is 44.4 Å². The summed E-state index contributed by atoms with van der Waals surface area (Å²) < 4.78 is 38.6. The van der Waals surface area contributed by atoms with Gasteiger partial charge in [0, 0.05) is 24.8 Å². The summed E-state index contributed by atoms with van der Waals surface area (Å²) in [4.78, 5) is 24.0. The van der Waals surface area contributed by atoms with Crippen molar-refractivity contribution < 1.29 is 27.6 Å². The second kappa shape index (κ2) is 10.8. The van der Waals surface area contributed by atoms with Crippen LogP contribution in [0.25, 0.3) is 0 Å². The number of nitro benzene ring substituents is 1. The summed E-state index contributed by atoms with van der Waals surface area (Å²) in [6.07, 6.45) is 3.59.